The van der Waals surface area contributed by atoms with Crippen LogP contribution in [0.4, 0.5) is 24.8 Å². The summed E-state index contributed by atoms with van der Waals surface area (Å²) in [5, 5.41) is 7.87. The average molecular weight is 590 g/mol. The lowest BCUT2D eigenvalue weighted by molar-refractivity contribution is -0.142. The van der Waals surface area contributed by atoms with Gasteiger partial charge in [0, 0.05) is 23.6 Å². The second-order valence-electron chi connectivity index (χ2n) is 9.00. The minimum absolute atomic E-state index is 0.0191. The summed E-state index contributed by atoms with van der Waals surface area (Å²) in [5.41, 5.74) is -0.932. The van der Waals surface area contributed by atoms with Crippen LogP contribution in [-0.4, -0.2) is 38.9 Å². The third kappa shape index (κ3) is 5.10. The molecule has 1 amide bonds. The van der Waals surface area contributed by atoms with Crippen LogP contribution in [-0.2, 0) is 16.2 Å². The molecule has 2 N–H and O–H groups in total. The predicted molar refractivity (Wildman–Crippen MR) is 148 cm³/mol. The summed E-state index contributed by atoms with van der Waals surface area (Å²) in [5.74, 6) is -0.899. The van der Waals surface area contributed by atoms with Crippen molar-refractivity contribution in [2.24, 2.45) is 0 Å². The first-order valence-corrected chi connectivity index (χ1v) is 13.7. The van der Waals surface area contributed by atoms with E-state index in [0.717, 1.165) is 17.6 Å². The minimum Gasteiger partial charge on any atom is -0.322 e. The van der Waals surface area contributed by atoms with Gasteiger partial charge in [-0.2, -0.15) is 18.3 Å². The Morgan fingerprint density at radius 2 is 1.60 bits per heavy atom. The molecule has 0 saturated heterocycles. The molecular formula is C28H18F3N7O3S. The van der Waals surface area contributed by atoms with Crippen LogP contribution in [0.2, 0.25) is 0 Å². The molecule has 0 atom stereocenters. The van der Waals surface area contributed by atoms with Crippen LogP contribution < -0.4 is 10.0 Å². The number of fused-ring (bicyclic) bond motifs is 2. The third-order valence-corrected chi connectivity index (χ3v) is 7.63. The summed E-state index contributed by atoms with van der Waals surface area (Å²) in [4.78, 5) is 25.1. The number of nitrogens with zero attached hydrogens (tertiary/aromatic N) is 5. The van der Waals surface area contributed by atoms with Crippen LogP contribution in [0.1, 0.15) is 16.1 Å². The molecule has 6 aromatic rings. The zero-order valence-electron chi connectivity index (χ0n) is 21.2. The molecule has 10 nitrogen and oxygen atoms in total. The van der Waals surface area contributed by atoms with Gasteiger partial charge in [-0.3, -0.25) is 4.79 Å². The van der Waals surface area contributed by atoms with Crippen molar-refractivity contribution in [1.82, 2.24) is 24.6 Å². The van der Waals surface area contributed by atoms with Crippen molar-refractivity contribution in [3.05, 3.63) is 109 Å². The number of hydrogen-bond donors (Lipinski definition) is 2. The van der Waals surface area contributed by atoms with Crippen LogP contribution in [0, 0.1) is 0 Å². The molecule has 0 bridgehead atoms. The van der Waals surface area contributed by atoms with E-state index in [1.165, 1.54) is 42.7 Å². The fourth-order valence-electron chi connectivity index (χ4n) is 4.36. The summed E-state index contributed by atoms with van der Waals surface area (Å²) in [6.07, 6.45) is -1.04. The SMILES string of the molecule is O=C(Nc1ccc(S(=O)(=O)Nc2ncccn2)cc1)c1cnn2c(C(F)(F)F)cc(-c3cccc4ccccc34)nc12. The maximum atomic E-state index is 14.1. The number of carbonyl (C=O) groups is 1. The van der Waals surface area contributed by atoms with Crippen molar-refractivity contribution in [2.45, 2.75) is 11.1 Å². The summed E-state index contributed by atoms with van der Waals surface area (Å²) >= 11 is 0. The van der Waals surface area contributed by atoms with E-state index in [9.17, 15) is 26.4 Å². The number of amides is 1. The smallest absolute Gasteiger partial charge is 0.322 e. The van der Waals surface area contributed by atoms with Crippen LogP contribution in [0.5, 0.6) is 0 Å². The molecule has 0 aliphatic carbocycles. The topological polar surface area (TPSA) is 131 Å². The van der Waals surface area contributed by atoms with E-state index < -0.39 is 27.8 Å². The number of rotatable bonds is 6. The van der Waals surface area contributed by atoms with Crippen LogP contribution in [0.3, 0.4) is 0 Å². The monoisotopic (exact) mass is 589 g/mol. The maximum absolute atomic E-state index is 14.1. The number of benzene rings is 3. The van der Waals surface area contributed by atoms with Crippen molar-refractivity contribution in [2.75, 3.05) is 10.0 Å². The standard InChI is InChI=1S/C28H18F3N7O3S/c29-28(30,31)24-15-23(21-8-3-6-17-5-1-2-7-20(17)21)36-25-22(16-34-38(24)25)26(39)35-18-9-11-19(12-10-18)42(40,41)37-27-32-13-4-14-33-27/h1-16H,(H,35,39)(H,32,33,37). The van der Waals surface area contributed by atoms with E-state index >= 15 is 0 Å². The average Bonchev–Trinajstić information content (AvgIpc) is 3.40. The fraction of sp³-hybridized carbons (Fsp3) is 0.0357. The van der Waals surface area contributed by atoms with Gasteiger partial charge in [-0.05, 0) is 47.2 Å². The van der Waals surface area contributed by atoms with E-state index in [1.54, 1.807) is 24.3 Å². The summed E-state index contributed by atoms with van der Waals surface area (Å²) in [7, 11) is -4.01. The Morgan fingerprint density at radius 1 is 0.881 bits per heavy atom. The quantitative estimate of drug-likeness (QED) is 0.266. The number of nitrogens with one attached hydrogen (secondary N) is 2. The van der Waals surface area contributed by atoms with Gasteiger partial charge in [-0.1, -0.05) is 42.5 Å². The highest BCUT2D eigenvalue weighted by Crippen LogP contribution is 2.35. The van der Waals surface area contributed by atoms with Gasteiger partial charge in [0.15, 0.2) is 11.3 Å². The highest BCUT2D eigenvalue weighted by Gasteiger charge is 2.36. The maximum Gasteiger partial charge on any atom is 0.433 e. The Kier molecular flexibility index (Phi) is 6.54. The van der Waals surface area contributed by atoms with Crippen LogP contribution >= 0.6 is 0 Å². The Bertz CT molecular complexity index is 2060. The molecule has 3 aromatic heterocycles. The molecular weight excluding hydrogens is 571 g/mol. The fourth-order valence-corrected chi connectivity index (χ4v) is 5.32. The Morgan fingerprint density at radius 3 is 2.33 bits per heavy atom. The molecule has 14 heteroatoms. The third-order valence-electron chi connectivity index (χ3n) is 6.29. The first-order chi connectivity index (χ1) is 20.1. The van der Waals surface area contributed by atoms with Gasteiger partial charge in [-0.15, -0.1) is 0 Å². The minimum atomic E-state index is -4.79. The van der Waals surface area contributed by atoms with Gasteiger partial charge in [0.25, 0.3) is 15.9 Å². The largest absolute Gasteiger partial charge is 0.433 e. The molecule has 0 saturated carbocycles. The van der Waals surface area contributed by atoms with Gasteiger partial charge in [-0.25, -0.2) is 32.6 Å². The first kappa shape index (κ1) is 26.8. The van der Waals surface area contributed by atoms with Crippen molar-refractivity contribution in [3.8, 4) is 11.3 Å². The molecule has 0 spiro atoms. The molecule has 0 unspecified atom stereocenters. The number of alkyl halides is 3. The second-order valence-corrected chi connectivity index (χ2v) is 10.7. The van der Waals surface area contributed by atoms with Crippen molar-refractivity contribution >= 4 is 44.0 Å². The molecule has 210 valence electrons. The predicted octanol–water partition coefficient (Wildman–Crippen LogP) is 5.41. The second kappa shape index (κ2) is 10.2. The molecule has 0 aliphatic heterocycles. The summed E-state index contributed by atoms with van der Waals surface area (Å²) < 4.78 is 70.4. The first-order valence-electron chi connectivity index (χ1n) is 12.3. The van der Waals surface area contributed by atoms with Crippen LogP contribution in [0.15, 0.2) is 102 Å². The van der Waals surface area contributed by atoms with Gasteiger partial charge < -0.3 is 5.32 Å². The number of halogens is 3. The van der Waals surface area contributed by atoms with Crippen LogP contribution in [0.25, 0.3) is 27.7 Å². The van der Waals surface area contributed by atoms with Gasteiger partial charge in [0.2, 0.25) is 5.95 Å². The van der Waals surface area contributed by atoms with Crippen molar-refractivity contribution in [3.63, 3.8) is 0 Å². The van der Waals surface area contributed by atoms with E-state index in [2.05, 4.69) is 30.1 Å². The summed E-state index contributed by atoms with van der Waals surface area (Å²) in [6.45, 7) is 0. The number of anilines is 2. The Labute approximate surface area is 235 Å². The normalized spacial score (nSPS) is 12.0. The lowest BCUT2D eigenvalue weighted by Crippen LogP contribution is -2.16. The molecule has 0 aliphatic rings. The Balaban J connectivity index is 1.34. The molecule has 0 fully saturated rings. The zero-order valence-corrected chi connectivity index (χ0v) is 22.1. The molecule has 3 aromatic carbocycles. The molecule has 6 rings (SSSR count). The van der Waals surface area contributed by atoms with Gasteiger partial charge in [0.05, 0.1) is 16.8 Å². The summed E-state index contributed by atoms with van der Waals surface area (Å²) in [6, 6.07) is 20.0. The lowest BCUT2D eigenvalue weighted by atomic mass is 10.0. The zero-order chi connectivity index (χ0) is 29.5. The highest BCUT2D eigenvalue weighted by atomic mass is 32.2. The number of hydrogen-bond acceptors (Lipinski definition) is 7. The van der Waals surface area contributed by atoms with E-state index in [4.69, 9.17) is 0 Å². The molecule has 3 heterocycles. The van der Waals surface area contributed by atoms with Gasteiger partial charge in [0.1, 0.15) is 5.56 Å². The van der Waals surface area contributed by atoms with E-state index in [-0.39, 0.29) is 33.4 Å². The highest BCUT2D eigenvalue weighted by molar-refractivity contribution is 7.92. The van der Waals surface area contributed by atoms with E-state index in [1.807, 2.05) is 18.2 Å². The van der Waals surface area contributed by atoms with Crippen molar-refractivity contribution in [1.29, 1.82) is 0 Å². The van der Waals surface area contributed by atoms with Crippen molar-refractivity contribution < 1.29 is 26.4 Å². The Hall–Kier alpha value is -5.37. The molecule has 42 heavy (non-hydrogen) atoms. The number of carbonyl (C=O) groups excluding carboxylic acids is 1. The van der Waals surface area contributed by atoms with E-state index in [0.29, 0.717) is 15.5 Å². The number of aromatic nitrogens is 5. The van der Waals surface area contributed by atoms with Gasteiger partial charge >= 0.3 is 6.18 Å². The number of sulfonamides is 1. The molecule has 0 radical (unpaired) electrons. The lowest BCUT2D eigenvalue weighted by Gasteiger charge is -2.13.